The molecule has 1 aromatic carbocycles. The predicted octanol–water partition coefficient (Wildman–Crippen LogP) is 2.29. The molecule has 1 N–H and O–H groups in total. The lowest BCUT2D eigenvalue weighted by atomic mass is 10.1. The number of aliphatic hydroxyl groups is 1. The Bertz CT molecular complexity index is 439. The minimum atomic E-state index is 0.0530. The third kappa shape index (κ3) is 2.32. The second-order valence-corrected chi connectivity index (χ2v) is 3.43. The molecule has 0 unspecified atom stereocenters. The SMILES string of the molecule is OCc1ccc(-c2cnc(Cl)nc2)cc1. The van der Waals surface area contributed by atoms with Crippen LogP contribution in [-0.2, 0) is 6.61 Å². The van der Waals surface area contributed by atoms with E-state index < -0.39 is 0 Å². The zero-order chi connectivity index (χ0) is 10.7. The van der Waals surface area contributed by atoms with Crippen LogP contribution in [0.2, 0.25) is 5.28 Å². The van der Waals surface area contributed by atoms with Crippen LogP contribution in [0.25, 0.3) is 11.1 Å². The van der Waals surface area contributed by atoms with Crippen LogP contribution in [-0.4, -0.2) is 15.1 Å². The average Bonchev–Trinajstić information content (AvgIpc) is 2.30. The first-order chi connectivity index (χ1) is 7.29. The van der Waals surface area contributed by atoms with E-state index in [1.165, 1.54) is 0 Å². The van der Waals surface area contributed by atoms with Gasteiger partial charge in [-0.15, -0.1) is 0 Å². The number of nitrogens with zero attached hydrogens (tertiary/aromatic N) is 2. The number of halogens is 1. The van der Waals surface area contributed by atoms with Gasteiger partial charge in [0.25, 0.3) is 0 Å². The molecule has 0 spiro atoms. The van der Waals surface area contributed by atoms with Crippen LogP contribution in [0.5, 0.6) is 0 Å². The smallest absolute Gasteiger partial charge is 0.222 e. The van der Waals surface area contributed by atoms with E-state index in [0.29, 0.717) is 0 Å². The fourth-order valence-corrected chi connectivity index (χ4v) is 1.36. The molecule has 0 aliphatic heterocycles. The van der Waals surface area contributed by atoms with E-state index >= 15 is 0 Å². The molecule has 0 saturated heterocycles. The van der Waals surface area contributed by atoms with Crippen molar-refractivity contribution in [1.29, 1.82) is 0 Å². The number of aromatic nitrogens is 2. The van der Waals surface area contributed by atoms with Crippen molar-refractivity contribution in [1.82, 2.24) is 9.97 Å². The zero-order valence-electron chi connectivity index (χ0n) is 7.89. The molecule has 0 radical (unpaired) electrons. The maximum absolute atomic E-state index is 8.89. The molecule has 15 heavy (non-hydrogen) atoms. The Kier molecular flexibility index (Phi) is 2.94. The summed E-state index contributed by atoms with van der Waals surface area (Å²) in [6, 6.07) is 7.56. The van der Waals surface area contributed by atoms with E-state index in [2.05, 4.69) is 9.97 Å². The second kappa shape index (κ2) is 4.38. The van der Waals surface area contributed by atoms with E-state index in [-0.39, 0.29) is 11.9 Å². The molecular formula is C11H9ClN2O. The summed E-state index contributed by atoms with van der Waals surface area (Å²) >= 11 is 5.59. The van der Waals surface area contributed by atoms with Crippen LogP contribution in [0.3, 0.4) is 0 Å². The van der Waals surface area contributed by atoms with Gasteiger partial charge in [0.2, 0.25) is 5.28 Å². The summed E-state index contributed by atoms with van der Waals surface area (Å²) in [5.74, 6) is 0. The van der Waals surface area contributed by atoms with Gasteiger partial charge in [0.05, 0.1) is 6.61 Å². The molecule has 0 atom stereocenters. The minimum absolute atomic E-state index is 0.0530. The fraction of sp³-hybridized carbons (Fsp3) is 0.0909. The highest BCUT2D eigenvalue weighted by molar-refractivity contribution is 6.28. The molecule has 0 amide bonds. The fourth-order valence-electron chi connectivity index (χ4n) is 1.26. The molecule has 0 fully saturated rings. The molecule has 2 rings (SSSR count). The topological polar surface area (TPSA) is 46.0 Å². The third-order valence-corrected chi connectivity index (χ3v) is 2.29. The molecule has 1 aromatic heterocycles. The van der Waals surface area contributed by atoms with Gasteiger partial charge in [-0.1, -0.05) is 24.3 Å². The molecule has 0 bridgehead atoms. The van der Waals surface area contributed by atoms with Gasteiger partial charge in [-0.05, 0) is 22.7 Å². The van der Waals surface area contributed by atoms with Crippen molar-refractivity contribution in [2.24, 2.45) is 0 Å². The van der Waals surface area contributed by atoms with E-state index in [1.807, 2.05) is 24.3 Å². The Morgan fingerprint density at radius 2 is 1.60 bits per heavy atom. The summed E-state index contributed by atoms with van der Waals surface area (Å²) in [5.41, 5.74) is 2.79. The number of aliphatic hydroxyl groups excluding tert-OH is 1. The second-order valence-electron chi connectivity index (χ2n) is 3.10. The quantitative estimate of drug-likeness (QED) is 0.790. The maximum atomic E-state index is 8.89. The monoisotopic (exact) mass is 220 g/mol. The van der Waals surface area contributed by atoms with Crippen LogP contribution >= 0.6 is 11.6 Å². The van der Waals surface area contributed by atoms with E-state index in [4.69, 9.17) is 16.7 Å². The lowest BCUT2D eigenvalue weighted by molar-refractivity contribution is 0.282. The summed E-state index contributed by atoms with van der Waals surface area (Å²) in [4.78, 5) is 7.81. The van der Waals surface area contributed by atoms with Crippen molar-refractivity contribution in [3.05, 3.63) is 47.5 Å². The molecule has 76 valence electrons. The number of hydrogen-bond acceptors (Lipinski definition) is 3. The Labute approximate surface area is 92.4 Å². The first-order valence-electron chi connectivity index (χ1n) is 4.47. The Morgan fingerprint density at radius 3 is 2.13 bits per heavy atom. The predicted molar refractivity (Wildman–Crippen MR) is 58.4 cm³/mol. The van der Waals surface area contributed by atoms with Crippen molar-refractivity contribution in [2.45, 2.75) is 6.61 Å². The highest BCUT2D eigenvalue weighted by Gasteiger charge is 1.99. The van der Waals surface area contributed by atoms with Gasteiger partial charge < -0.3 is 5.11 Å². The van der Waals surface area contributed by atoms with Crippen LogP contribution in [0.15, 0.2) is 36.7 Å². The Hall–Kier alpha value is -1.45. The van der Waals surface area contributed by atoms with Crippen molar-refractivity contribution in [3.8, 4) is 11.1 Å². The number of rotatable bonds is 2. The van der Waals surface area contributed by atoms with Gasteiger partial charge in [-0.25, -0.2) is 9.97 Å². The first-order valence-corrected chi connectivity index (χ1v) is 4.85. The Morgan fingerprint density at radius 1 is 1.00 bits per heavy atom. The minimum Gasteiger partial charge on any atom is -0.392 e. The van der Waals surface area contributed by atoms with E-state index in [1.54, 1.807) is 12.4 Å². The Balaban J connectivity index is 2.33. The van der Waals surface area contributed by atoms with Crippen LogP contribution in [0, 0.1) is 0 Å². The van der Waals surface area contributed by atoms with Gasteiger partial charge in [0.1, 0.15) is 0 Å². The molecular weight excluding hydrogens is 212 g/mol. The van der Waals surface area contributed by atoms with Gasteiger partial charge in [0, 0.05) is 18.0 Å². The van der Waals surface area contributed by atoms with Crippen molar-refractivity contribution < 1.29 is 5.11 Å². The number of benzene rings is 1. The maximum Gasteiger partial charge on any atom is 0.222 e. The van der Waals surface area contributed by atoms with Gasteiger partial charge in [-0.3, -0.25) is 0 Å². The lowest BCUT2D eigenvalue weighted by Gasteiger charge is -2.01. The molecule has 0 aliphatic carbocycles. The van der Waals surface area contributed by atoms with Crippen LogP contribution in [0.4, 0.5) is 0 Å². The van der Waals surface area contributed by atoms with Gasteiger partial charge in [-0.2, -0.15) is 0 Å². The average molecular weight is 221 g/mol. The van der Waals surface area contributed by atoms with Crippen LogP contribution in [0.1, 0.15) is 5.56 Å². The van der Waals surface area contributed by atoms with Crippen LogP contribution < -0.4 is 0 Å². The van der Waals surface area contributed by atoms with Gasteiger partial charge in [0.15, 0.2) is 0 Å². The molecule has 0 aliphatic rings. The summed E-state index contributed by atoms with van der Waals surface area (Å²) < 4.78 is 0. The van der Waals surface area contributed by atoms with E-state index in [9.17, 15) is 0 Å². The number of hydrogen-bond donors (Lipinski definition) is 1. The molecule has 3 nitrogen and oxygen atoms in total. The summed E-state index contributed by atoms with van der Waals surface area (Å²) in [6.07, 6.45) is 3.34. The molecule has 0 saturated carbocycles. The molecule has 2 aromatic rings. The molecule has 1 heterocycles. The zero-order valence-corrected chi connectivity index (χ0v) is 8.65. The van der Waals surface area contributed by atoms with Crippen molar-refractivity contribution >= 4 is 11.6 Å². The standard InChI is InChI=1S/C11H9ClN2O/c12-11-13-5-10(6-14-11)9-3-1-8(7-15)2-4-9/h1-6,15H,7H2. The van der Waals surface area contributed by atoms with Crippen molar-refractivity contribution in [2.75, 3.05) is 0 Å². The highest BCUT2D eigenvalue weighted by Crippen LogP contribution is 2.18. The highest BCUT2D eigenvalue weighted by atomic mass is 35.5. The lowest BCUT2D eigenvalue weighted by Crippen LogP contribution is -1.86. The molecule has 4 heteroatoms. The van der Waals surface area contributed by atoms with Gasteiger partial charge >= 0.3 is 0 Å². The van der Waals surface area contributed by atoms with Crippen molar-refractivity contribution in [3.63, 3.8) is 0 Å². The van der Waals surface area contributed by atoms with E-state index in [0.717, 1.165) is 16.7 Å². The summed E-state index contributed by atoms with van der Waals surface area (Å²) in [7, 11) is 0. The largest absolute Gasteiger partial charge is 0.392 e. The summed E-state index contributed by atoms with van der Waals surface area (Å²) in [6.45, 7) is 0.0530. The normalized spacial score (nSPS) is 10.3. The summed E-state index contributed by atoms with van der Waals surface area (Å²) in [5, 5.41) is 9.13. The first kappa shape index (κ1) is 10.1. The third-order valence-electron chi connectivity index (χ3n) is 2.09.